The highest BCUT2D eigenvalue weighted by Gasteiger charge is 2.50. The lowest BCUT2D eigenvalue weighted by Gasteiger charge is -2.49. The van der Waals surface area contributed by atoms with E-state index >= 15 is 0 Å². The second-order valence-corrected chi connectivity index (χ2v) is 7.34. The minimum Gasteiger partial charge on any atom is -0.384 e. The van der Waals surface area contributed by atoms with Crippen LogP contribution in [0, 0.1) is 5.41 Å². The Kier molecular flexibility index (Phi) is 6.51. The molecule has 0 aliphatic heterocycles. The lowest BCUT2D eigenvalue weighted by molar-refractivity contribution is -0.416. The molecule has 21 heavy (non-hydrogen) atoms. The van der Waals surface area contributed by atoms with Crippen molar-refractivity contribution in [3.63, 3.8) is 0 Å². The van der Waals surface area contributed by atoms with Gasteiger partial charge in [-0.05, 0) is 32.1 Å². The summed E-state index contributed by atoms with van der Waals surface area (Å²) < 4.78 is 5.53. The quantitative estimate of drug-likeness (QED) is 0.487. The van der Waals surface area contributed by atoms with E-state index in [-0.39, 0.29) is 11.0 Å². The molecule has 3 nitrogen and oxygen atoms in total. The van der Waals surface area contributed by atoms with Crippen molar-refractivity contribution in [3.8, 4) is 0 Å². The first kappa shape index (κ1) is 17.2. The van der Waals surface area contributed by atoms with E-state index in [0.29, 0.717) is 6.10 Å². The Bertz CT molecular complexity index is 293. The number of methoxy groups -OCH3 is 1. The smallest absolute Gasteiger partial charge is 0.111 e. The highest BCUT2D eigenvalue weighted by molar-refractivity contribution is 4.98. The van der Waals surface area contributed by atoms with Crippen LogP contribution in [0.5, 0.6) is 0 Å². The molecule has 2 fully saturated rings. The highest BCUT2D eigenvalue weighted by Crippen LogP contribution is 2.48. The van der Waals surface area contributed by atoms with Crippen molar-refractivity contribution in [2.24, 2.45) is 5.41 Å². The molecule has 1 atom stereocenters. The molecule has 0 amide bonds. The van der Waals surface area contributed by atoms with Gasteiger partial charge in [-0.1, -0.05) is 52.4 Å². The second-order valence-electron chi connectivity index (χ2n) is 7.34. The van der Waals surface area contributed by atoms with Crippen molar-refractivity contribution in [2.75, 3.05) is 13.7 Å². The Hall–Kier alpha value is -0.120. The van der Waals surface area contributed by atoms with Gasteiger partial charge in [0.1, 0.15) is 5.60 Å². The van der Waals surface area contributed by atoms with Crippen LogP contribution in [0.3, 0.4) is 0 Å². The second kappa shape index (κ2) is 7.94. The number of rotatable bonds is 7. The van der Waals surface area contributed by atoms with Gasteiger partial charge >= 0.3 is 0 Å². The standard InChI is InChI=1S/C18H34O3/c1-4-17(2,15-19-3)18(13-9-6-10-14-18)21-20-16-11-7-5-8-12-16/h16H,4-15H2,1-3H3. The van der Waals surface area contributed by atoms with Gasteiger partial charge in [0.25, 0.3) is 0 Å². The van der Waals surface area contributed by atoms with E-state index in [4.69, 9.17) is 14.5 Å². The summed E-state index contributed by atoms with van der Waals surface area (Å²) in [5.41, 5.74) is -0.121. The summed E-state index contributed by atoms with van der Waals surface area (Å²) >= 11 is 0. The molecule has 1 unspecified atom stereocenters. The fourth-order valence-electron chi connectivity index (χ4n) is 4.11. The van der Waals surface area contributed by atoms with Crippen LogP contribution < -0.4 is 0 Å². The summed E-state index contributed by atoms with van der Waals surface area (Å²) in [6.45, 7) is 5.31. The van der Waals surface area contributed by atoms with Gasteiger partial charge in [-0.3, -0.25) is 0 Å². The van der Waals surface area contributed by atoms with Crippen molar-refractivity contribution in [3.05, 3.63) is 0 Å². The fraction of sp³-hybridized carbons (Fsp3) is 1.00. The van der Waals surface area contributed by atoms with Crippen LogP contribution in [0.25, 0.3) is 0 Å². The Morgan fingerprint density at radius 1 is 1.00 bits per heavy atom. The molecule has 2 aliphatic rings. The van der Waals surface area contributed by atoms with E-state index in [1.54, 1.807) is 7.11 Å². The third-order valence-corrected chi connectivity index (χ3v) is 5.90. The van der Waals surface area contributed by atoms with Crippen LogP contribution in [-0.4, -0.2) is 25.4 Å². The largest absolute Gasteiger partial charge is 0.384 e. The van der Waals surface area contributed by atoms with Crippen molar-refractivity contribution in [2.45, 2.75) is 96.2 Å². The van der Waals surface area contributed by atoms with Crippen LogP contribution in [-0.2, 0) is 14.5 Å². The van der Waals surface area contributed by atoms with Gasteiger partial charge in [0.15, 0.2) is 0 Å². The van der Waals surface area contributed by atoms with E-state index < -0.39 is 0 Å². The molecule has 0 bridgehead atoms. The zero-order valence-electron chi connectivity index (χ0n) is 14.3. The predicted molar refractivity (Wildman–Crippen MR) is 85.1 cm³/mol. The third kappa shape index (κ3) is 4.00. The van der Waals surface area contributed by atoms with Crippen LogP contribution in [0.4, 0.5) is 0 Å². The number of hydrogen-bond acceptors (Lipinski definition) is 3. The Morgan fingerprint density at radius 2 is 1.62 bits per heavy atom. The molecule has 2 saturated carbocycles. The Labute approximate surface area is 130 Å². The lowest BCUT2D eigenvalue weighted by Crippen LogP contribution is -2.52. The molecule has 0 N–H and O–H groups in total. The molecule has 0 heterocycles. The van der Waals surface area contributed by atoms with Gasteiger partial charge in [-0.15, -0.1) is 0 Å². The molecule has 0 aromatic heterocycles. The van der Waals surface area contributed by atoms with Gasteiger partial charge < -0.3 is 4.74 Å². The minimum absolute atomic E-state index is 0.0385. The summed E-state index contributed by atoms with van der Waals surface area (Å²) in [4.78, 5) is 12.2. The van der Waals surface area contributed by atoms with E-state index in [2.05, 4.69) is 13.8 Å². The molecule has 2 rings (SSSR count). The van der Waals surface area contributed by atoms with Crippen molar-refractivity contribution < 1.29 is 14.5 Å². The van der Waals surface area contributed by atoms with Crippen LogP contribution in [0.15, 0.2) is 0 Å². The number of ether oxygens (including phenoxy) is 1. The third-order valence-electron chi connectivity index (χ3n) is 5.90. The zero-order chi connectivity index (χ0) is 15.2. The fourth-order valence-corrected chi connectivity index (χ4v) is 4.11. The topological polar surface area (TPSA) is 27.7 Å². The average molecular weight is 298 g/mol. The van der Waals surface area contributed by atoms with Crippen LogP contribution in [0.1, 0.15) is 84.5 Å². The van der Waals surface area contributed by atoms with Crippen LogP contribution >= 0.6 is 0 Å². The Balaban J connectivity index is 2.04. The lowest BCUT2D eigenvalue weighted by atomic mass is 9.65. The summed E-state index contributed by atoms with van der Waals surface area (Å²) in [6.07, 6.45) is 13.6. The first-order valence-corrected chi connectivity index (χ1v) is 8.99. The SMILES string of the molecule is CCC(C)(COC)C1(OOC2CCCCC2)CCCCC1. The highest BCUT2D eigenvalue weighted by atomic mass is 17.2. The molecule has 0 aromatic carbocycles. The molecular weight excluding hydrogens is 264 g/mol. The van der Waals surface area contributed by atoms with Gasteiger partial charge in [0, 0.05) is 12.5 Å². The van der Waals surface area contributed by atoms with Gasteiger partial charge in [-0.25, -0.2) is 9.78 Å². The first-order valence-electron chi connectivity index (χ1n) is 8.99. The summed E-state index contributed by atoms with van der Waals surface area (Å²) in [7, 11) is 1.80. The maximum absolute atomic E-state index is 6.24. The van der Waals surface area contributed by atoms with Gasteiger partial charge in [0.2, 0.25) is 0 Å². The predicted octanol–water partition coefficient (Wildman–Crippen LogP) is 5.03. The maximum atomic E-state index is 6.24. The van der Waals surface area contributed by atoms with E-state index in [1.165, 1.54) is 38.5 Å². The Morgan fingerprint density at radius 3 is 2.19 bits per heavy atom. The molecule has 124 valence electrons. The van der Waals surface area contributed by atoms with E-state index in [1.807, 2.05) is 0 Å². The van der Waals surface area contributed by atoms with Crippen LogP contribution in [0.2, 0.25) is 0 Å². The van der Waals surface area contributed by atoms with Crippen molar-refractivity contribution in [1.29, 1.82) is 0 Å². The summed E-state index contributed by atoms with van der Waals surface area (Å²) in [5, 5.41) is 0. The average Bonchev–Trinajstić information content (AvgIpc) is 2.55. The molecule has 0 radical (unpaired) electrons. The van der Waals surface area contributed by atoms with E-state index in [9.17, 15) is 0 Å². The normalized spacial score (nSPS) is 26.4. The molecule has 2 aliphatic carbocycles. The van der Waals surface area contributed by atoms with Gasteiger partial charge in [0.05, 0.1) is 12.7 Å². The molecule has 0 spiro atoms. The minimum atomic E-state index is -0.159. The zero-order valence-corrected chi connectivity index (χ0v) is 14.3. The summed E-state index contributed by atoms with van der Waals surface area (Å²) in [5.74, 6) is 0. The monoisotopic (exact) mass is 298 g/mol. The van der Waals surface area contributed by atoms with Gasteiger partial charge in [-0.2, -0.15) is 0 Å². The molecule has 3 heteroatoms. The first-order chi connectivity index (χ1) is 10.2. The maximum Gasteiger partial charge on any atom is 0.111 e. The number of hydrogen-bond donors (Lipinski definition) is 0. The molecule has 0 saturated heterocycles. The van der Waals surface area contributed by atoms with Crippen molar-refractivity contribution >= 4 is 0 Å². The molecular formula is C18H34O3. The van der Waals surface area contributed by atoms with E-state index in [0.717, 1.165) is 38.7 Å². The molecule has 0 aromatic rings. The van der Waals surface area contributed by atoms with Crippen molar-refractivity contribution in [1.82, 2.24) is 0 Å². The summed E-state index contributed by atoms with van der Waals surface area (Å²) in [6, 6.07) is 0.